The highest BCUT2D eigenvalue weighted by Gasteiger charge is 2.06. The molecule has 2 aliphatic rings. The second-order valence-corrected chi connectivity index (χ2v) is 4.24. The zero-order chi connectivity index (χ0) is 8.23. The summed E-state index contributed by atoms with van der Waals surface area (Å²) >= 11 is 0. The van der Waals surface area contributed by atoms with Gasteiger partial charge in [0, 0.05) is 0 Å². The Morgan fingerprint density at radius 3 is 1.75 bits per heavy atom. The monoisotopic (exact) mass is 198 g/mol. The third-order valence-electron chi connectivity index (χ3n) is 1.23. The summed E-state index contributed by atoms with van der Waals surface area (Å²) in [5, 5.41) is 1.92. The molecule has 0 saturated heterocycles. The number of nitrogens with zero attached hydrogens (tertiary/aromatic N) is 4. The first-order valence-corrected chi connectivity index (χ1v) is 5.53. The van der Waals surface area contributed by atoms with Crippen molar-refractivity contribution in [1.82, 2.24) is 0 Å². The van der Waals surface area contributed by atoms with Crippen LogP contribution in [0.3, 0.4) is 0 Å². The molecule has 0 aromatic carbocycles. The van der Waals surface area contributed by atoms with Gasteiger partial charge in [-0.3, -0.25) is 20.0 Å². The topological polar surface area (TPSA) is 49.4 Å². The standard InChI is InChI=1S/C6H6N4S2/c1-5(9-3-7-1)11-12-6-2-8-4-10-6/h1-2H,3-4H2. The average Bonchev–Trinajstić information content (AvgIpc) is 2.74. The molecule has 2 heterocycles. The average molecular weight is 198 g/mol. The van der Waals surface area contributed by atoms with Gasteiger partial charge in [-0.1, -0.05) is 0 Å². The maximum atomic E-state index is 4.13. The zero-order valence-corrected chi connectivity index (χ0v) is 7.81. The maximum absolute atomic E-state index is 4.13. The largest absolute Gasteiger partial charge is 0.267 e. The Labute approximate surface area is 77.8 Å². The molecule has 2 aliphatic heterocycles. The normalized spacial score (nSPS) is 20.0. The van der Waals surface area contributed by atoms with Gasteiger partial charge in [-0.25, -0.2) is 0 Å². The summed E-state index contributed by atoms with van der Waals surface area (Å²) in [7, 11) is 3.15. The van der Waals surface area contributed by atoms with Crippen molar-refractivity contribution >= 4 is 44.1 Å². The van der Waals surface area contributed by atoms with E-state index in [1.807, 2.05) is 0 Å². The van der Waals surface area contributed by atoms with Crippen molar-refractivity contribution < 1.29 is 0 Å². The van der Waals surface area contributed by atoms with Crippen molar-refractivity contribution in [2.45, 2.75) is 0 Å². The van der Waals surface area contributed by atoms with E-state index in [9.17, 15) is 0 Å². The van der Waals surface area contributed by atoms with Crippen molar-refractivity contribution in [2.24, 2.45) is 20.0 Å². The lowest BCUT2D eigenvalue weighted by Gasteiger charge is -1.92. The van der Waals surface area contributed by atoms with Crippen molar-refractivity contribution in [2.75, 3.05) is 13.3 Å². The molecule has 2 rings (SSSR count). The molecule has 6 heteroatoms. The first kappa shape index (κ1) is 8.00. The van der Waals surface area contributed by atoms with Crippen molar-refractivity contribution in [3.8, 4) is 0 Å². The second kappa shape index (κ2) is 3.86. The Morgan fingerprint density at radius 2 is 1.42 bits per heavy atom. The van der Waals surface area contributed by atoms with Crippen LogP contribution in [0.15, 0.2) is 20.0 Å². The number of aliphatic imine (C=N–C) groups is 4. The molecule has 0 fully saturated rings. The van der Waals surface area contributed by atoms with Gasteiger partial charge in [-0.05, 0) is 21.6 Å². The van der Waals surface area contributed by atoms with E-state index in [-0.39, 0.29) is 0 Å². The molecular weight excluding hydrogens is 192 g/mol. The van der Waals surface area contributed by atoms with E-state index >= 15 is 0 Å². The van der Waals surface area contributed by atoms with Gasteiger partial charge in [0.25, 0.3) is 0 Å². The van der Waals surface area contributed by atoms with Crippen LogP contribution in [-0.4, -0.2) is 35.9 Å². The predicted octanol–water partition coefficient (Wildman–Crippen LogP) is 1.25. The van der Waals surface area contributed by atoms with Gasteiger partial charge < -0.3 is 0 Å². The molecule has 0 N–H and O–H groups in total. The first-order chi connectivity index (χ1) is 5.95. The van der Waals surface area contributed by atoms with Gasteiger partial charge in [-0.2, -0.15) is 0 Å². The molecule has 0 aliphatic carbocycles. The molecule has 0 spiro atoms. The van der Waals surface area contributed by atoms with Crippen LogP contribution in [0.1, 0.15) is 0 Å². The van der Waals surface area contributed by atoms with Gasteiger partial charge in [0.15, 0.2) is 0 Å². The van der Waals surface area contributed by atoms with Crippen LogP contribution < -0.4 is 0 Å². The summed E-state index contributed by atoms with van der Waals surface area (Å²) in [5.74, 6) is 0. The van der Waals surface area contributed by atoms with Crippen molar-refractivity contribution in [3.05, 3.63) is 0 Å². The van der Waals surface area contributed by atoms with Crippen molar-refractivity contribution in [3.63, 3.8) is 0 Å². The number of hydrogen-bond acceptors (Lipinski definition) is 6. The van der Waals surface area contributed by atoms with Crippen LogP contribution in [-0.2, 0) is 0 Å². The molecular formula is C6H6N4S2. The molecule has 0 radical (unpaired) electrons. The van der Waals surface area contributed by atoms with Gasteiger partial charge in [0.2, 0.25) is 0 Å². The minimum absolute atomic E-state index is 0.573. The highest BCUT2D eigenvalue weighted by atomic mass is 33.1. The smallest absolute Gasteiger partial charge is 0.130 e. The van der Waals surface area contributed by atoms with E-state index in [4.69, 9.17) is 0 Å². The van der Waals surface area contributed by atoms with E-state index in [1.165, 1.54) is 0 Å². The van der Waals surface area contributed by atoms with E-state index in [1.54, 1.807) is 34.0 Å². The Kier molecular flexibility index (Phi) is 2.57. The first-order valence-electron chi connectivity index (χ1n) is 3.38. The molecule has 0 aromatic heterocycles. The summed E-state index contributed by atoms with van der Waals surface area (Å²) in [6.07, 6.45) is 3.56. The van der Waals surface area contributed by atoms with Crippen molar-refractivity contribution in [1.29, 1.82) is 0 Å². The highest BCUT2D eigenvalue weighted by Crippen LogP contribution is 2.25. The summed E-state index contributed by atoms with van der Waals surface area (Å²) in [4.78, 5) is 16.2. The zero-order valence-electron chi connectivity index (χ0n) is 6.17. The summed E-state index contributed by atoms with van der Waals surface area (Å²) in [5.41, 5.74) is 0. The fourth-order valence-corrected chi connectivity index (χ4v) is 2.44. The lowest BCUT2D eigenvalue weighted by Crippen LogP contribution is -1.90. The third kappa shape index (κ3) is 1.95. The quantitative estimate of drug-likeness (QED) is 0.550. The fourth-order valence-electron chi connectivity index (χ4n) is 0.722. The minimum Gasteiger partial charge on any atom is -0.267 e. The van der Waals surface area contributed by atoms with E-state index in [2.05, 4.69) is 20.0 Å². The molecule has 0 aromatic rings. The van der Waals surface area contributed by atoms with E-state index in [0.29, 0.717) is 13.3 Å². The summed E-state index contributed by atoms with van der Waals surface area (Å²) < 4.78 is 0. The summed E-state index contributed by atoms with van der Waals surface area (Å²) in [6.45, 7) is 1.15. The molecule has 0 atom stereocenters. The van der Waals surface area contributed by atoms with Gasteiger partial charge in [-0.15, -0.1) is 0 Å². The molecule has 62 valence electrons. The van der Waals surface area contributed by atoms with Crippen LogP contribution in [0.4, 0.5) is 0 Å². The Bertz CT molecular complexity index is 262. The van der Waals surface area contributed by atoms with Gasteiger partial charge >= 0.3 is 0 Å². The Morgan fingerprint density at radius 1 is 0.917 bits per heavy atom. The van der Waals surface area contributed by atoms with Gasteiger partial charge in [0.05, 0.1) is 12.4 Å². The van der Waals surface area contributed by atoms with Crippen LogP contribution in [0.5, 0.6) is 0 Å². The SMILES string of the molecule is C1=NCN=C1SSC1=NCN=C1. The second-order valence-electron chi connectivity index (χ2n) is 2.07. The Balaban J connectivity index is 1.81. The molecule has 0 amide bonds. The molecule has 0 bridgehead atoms. The molecule has 0 saturated carbocycles. The van der Waals surface area contributed by atoms with Crippen LogP contribution in [0.2, 0.25) is 0 Å². The van der Waals surface area contributed by atoms with Crippen LogP contribution >= 0.6 is 21.6 Å². The Hall–Kier alpha value is -0.620. The predicted molar refractivity (Wildman–Crippen MR) is 56.8 cm³/mol. The summed E-state index contributed by atoms with van der Waals surface area (Å²) in [6, 6.07) is 0. The van der Waals surface area contributed by atoms with Crippen LogP contribution in [0, 0.1) is 0 Å². The minimum atomic E-state index is 0.573. The number of rotatable bonds is 0. The lowest BCUT2D eigenvalue weighted by atomic mass is 10.8. The third-order valence-corrected chi connectivity index (χ3v) is 3.40. The highest BCUT2D eigenvalue weighted by molar-refractivity contribution is 8.88. The molecule has 12 heavy (non-hydrogen) atoms. The number of hydrogen-bond donors (Lipinski definition) is 0. The van der Waals surface area contributed by atoms with E-state index < -0.39 is 0 Å². The lowest BCUT2D eigenvalue weighted by molar-refractivity contribution is 1.11. The van der Waals surface area contributed by atoms with Crippen LogP contribution in [0.25, 0.3) is 0 Å². The van der Waals surface area contributed by atoms with Gasteiger partial charge in [0.1, 0.15) is 23.4 Å². The fraction of sp³-hybridized carbons (Fsp3) is 0.333. The molecule has 0 unspecified atom stereocenters. The van der Waals surface area contributed by atoms with E-state index in [0.717, 1.165) is 10.1 Å². The maximum Gasteiger partial charge on any atom is 0.130 e. The molecule has 4 nitrogen and oxygen atoms in total.